The minimum atomic E-state index is -0.0417. The summed E-state index contributed by atoms with van der Waals surface area (Å²) in [5.41, 5.74) is 1.74. The molecule has 1 aliphatic heterocycles. The number of rotatable bonds is 6. The first-order valence-corrected chi connectivity index (χ1v) is 9.33. The molecule has 8 heteroatoms. The maximum Gasteiger partial charge on any atom is 0.266 e. The lowest BCUT2D eigenvalue weighted by molar-refractivity contribution is 0.161. The lowest BCUT2D eigenvalue weighted by atomic mass is 9.97. The van der Waals surface area contributed by atoms with E-state index in [9.17, 15) is 4.79 Å². The fraction of sp³-hybridized carbons (Fsp3) is 0.421. The SMILES string of the molecule is O=c1ccc(-c2ccncc2)nn1CC1CCN(CCn2nccn2)CC1. The molecule has 0 bridgehead atoms. The maximum absolute atomic E-state index is 12.2. The molecule has 0 saturated carbocycles. The van der Waals surface area contributed by atoms with E-state index >= 15 is 0 Å². The van der Waals surface area contributed by atoms with Gasteiger partial charge in [-0.3, -0.25) is 9.78 Å². The van der Waals surface area contributed by atoms with Gasteiger partial charge in [-0.05, 0) is 50.0 Å². The Kier molecular flexibility index (Phi) is 5.34. The highest BCUT2D eigenvalue weighted by molar-refractivity contribution is 5.56. The van der Waals surface area contributed by atoms with E-state index in [1.54, 1.807) is 46.4 Å². The molecule has 8 nitrogen and oxygen atoms in total. The monoisotopic (exact) mass is 365 g/mol. The summed E-state index contributed by atoms with van der Waals surface area (Å²) in [5.74, 6) is 0.474. The molecule has 0 spiro atoms. The number of hydrogen-bond acceptors (Lipinski definition) is 6. The van der Waals surface area contributed by atoms with E-state index in [-0.39, 0.29) is 5.56 Å². The van der Waals surface area contributed by atoms with Gasteiger partial charge in [-0.15, -0.1) is 0 Å². The summed E-state index contributed by atoms with van der Waals surface area (Å²) < 4.78 is 1.61. The molecule has 4 heterocycles. The molecule has 0 aliphatic carbocycles. The number of pyridine rings is 1. The molecule has 0 radical (unpaired) electrons. The van der Waals surface area contributed by atoms with Crippen LogP contribution < -0.4 is 5.56 Å². The largest absolute Gasteiger partial charge is 0.301 e. The van der Waals surface area contributed by atoms with Crippen LogP contribution in [0, 0.1) is 5.92 Å². The summed E-state index contributed by atoms with van der Waals surface area (Å²) in [7, 11) is 0. The number of aromatic nitrogens is 6. The maximum atomic E-state index is 12.2. The van der Waals surface area contributed by atoms with Crippen molar-refractivity contribution < 1.29 is 0 Å². The average Bonchev–Trinajstić information content (AvgIpc) is 3.23. The third-order valence-corrected chi connectivity index (χ3v) is 5.06. The first kappa shape index (κ1) is 17.5. The van der Waals surface area contributed by atoms with E-state index < -0.39 is 0 Å². The molecule has 0 amide bonds. The van der Waals surface area contributed by atoms with Gasteiger partial charge in [-0.2, -0.15) is 20.1 Å². The van der Waals surface area contributed by atoms with Crippen LogP contribution in [0.3, 0.4) is 0 Å². The van der Waals surface area contributed by atoms with Crippen molar-refractivity contribution in [2.75, 3.05) is 19.6 Å². The predicted octanol–water partition coefficient (Wildman–Crippen LogP) is 1.31. The van der Waals surface area contributed by atoms with Crippen LogP contribution in [-0.4, -0.2) is 54.3 Å². The van der Waals surface area contributed by atoms with Crippen molar-refractivity contribution in [2.45, 2.75) is 25.9 Å². The van der Waals surface area contributed by atoms with Crippen LogP contribution in [-0.2, 0) is 13.1 Å². The Hall–Kier alpha value is -2.87. The van der Waals surface area contributed by atoms with E-state index in [2.05, 4.69) is 25.2 Å². The second-order valence-electron chi connectivity index (χ2n) is 6.88. The van der Waals surface area contributed by atoms with Gasteiger partial charge >= 0.3 is 0 Å². The quantitative estimate of drug-likeness (QED) is 0.655. The third kappa shape index (κ3) is 4.46. The minimum absolute atomic E-state index is 0.0417. The molecule has 0 aromatic carbocycles. The standard InChI is InChI=1S/C19H23N7O/c27-19-2-1-18(17-3-7-20-8-4-17)23-25(19)15-16-5-11-24(12-6-16)13-14-26-21-9-10-22-26/h1-4,7-10,16H,5-6,11-15H2. The molecule has 3 aromatic rings. The molecule has 0 unspecified atom stereocenters. The molecular weight excluding hydrogens is 342 g/mol. The lowest BCUT2D eigenvalue weighted by Gasteiger charge is -2.31. The molecule has 4 rings (SSSR count). The summed E-state index contributed by atoms with van der Waals surface area (Å²) in [6, 6.07) is 7.20. The van der Waals surface area contributed by atoms with Gasteiger partial charge in [0.15, 0.2) is 0 Å². The molecular formula is C19H23N7O. The van der Waals surface area contributed by atoms with Gasteiger partial charge in [0, 0.05) is 37.1 Å². The lowest BCUT2D eigenvalue weighted by Crippen LogP contribution is -2.38. The Balaban J connectivity index is 1.34. The summed E-state index contributed by atoms with van der Waals surface area (Å²) in [4.78, 5) is 20.4. The zero-order chi connectivity index (χ0) is 18.5. The summed E-state index contributed by atoms with van der Waals surface area (Å²) in [5, 5.41) is 12.9. The molecule has 140 valence electrons. The van der Waals surface area contributed by atoms with Crippen LogP contribution in [0.5, 0.6) is 0 Å². The Labute approximate surface area is 157 Å². The molecule has 0 atom stereocenters. The summed E-state index contributed by atoms with van der Waals surface area (Å²) in [6.07, 6.45) is 9.02. The van der Waals surface area contributed by atoms with Crippen LogP contribution in [0.2, 0.25) is 0 Å². The van der Waals surface area contributed by atoms with E-state index in [1.165, 1.54) is 0 Å². The molecule has 0 N–H and O–H groups in total. The number of piperidine rings is 1. The van der Waals surface area contributed by atoms with E-state index in [1.807, 2.05) is 12.1 Å². The van der Waals surface area contributed by atoms with Crippen molar-refractivity contribution in [3.05, 3.63) is 59.4 Å². The predicted molar refractivity (Wildman–Crippen MR) is 101 cm³/mol. The van der Waals surface area contributed by atoms with Crippen LogP contribution in [0.15, 0.2) is 53.8 Å². The Bertz CT molecular complexity index is 899. The zero-order valence-electron chi connectivity index (χ0n) is 15.2. The smallest absolute Gasteiger partial charge is 0.266 e. The highest BCUT2D eigenvalue weighted by Crippen LogP contribution is 2.19. The minimum Gasteiger partial charge on any atom is -0.301 e. The van der Waals surface area contributed by atoms with Gasteiger partial charge in [-0.25, -0.2) is 4.68 Å². The van der Waals surface area contributed by atoms with Gasteiger partial charge in [0.25, 0.3) is 5.56 Å². The van der Waals surface area contributed by atoms with E-state index in [0.717, 1.165) is 50.3 Å². The van der Waals surface area contributed by atoms with Crippen LogP contribution >= 0.6 is 0 Å². The van der Waals surface area contributed by atoms with Gasteiger partial charge < -0.3 is 4.90 Å². The normalized spacial score (nSPS) is 15.9. The Morgan fingerprint density at radius 3 is 2.41 bits per heavy atom. The van der Waals surface area contributed by atoms with Crippen molar-refractivity contribution in [3.8, 4) is 11.3 Å². The fourth-order valence-electron chi connectivity index (χ4n) is 3.48. The number of nitrogens with zero attached hydrogens (tertiary/aromatic N) is 7. The highest BCUT2D eigenvalue weighted by atomic mass is 16.1. The van der Waals surface area contributed by atoms with Gasteiger partial charge in [0.1, 0.15) is 0 Å². The van der Waals surface area contributed by atoms with Crippen molar-refractivity contribution in [1.82, 2.24) is 34.7 Å². The van der Waals surface area contributed by atoms with Gasteiger partial charge in [0.2, 0.25) is 0 Å². The van der Waals surface area contributed by atoms with Gasteiger partial charge in [-0.1, -0.05) is 0 Å². The summed E-state index contributed by atoms with van der Waals surface area (Å²) >= 11 is 0. The van der Waals surface area contributed by atoms with Crippen LogP contribution in [0.4, 0.5) is 0 Å². The fourth-order valence-corrected chi connectivity index (χ4v) is 3.48. The molecule has 1 saturated heterocycles. The molecule has 1 fully saturated rings. The third-order valence-electron chi connectivity index (χ3n) is 5.06. The first-order chi connectivity index (χ1) is 13.3. The topological polar surface area (TPSA) is 81.7 Å². The van der Waals surface area contributed by atoms with E-state index in [0.29, 0.717) is 12.5 Å². The van der Waals surface area contributed by atoms with Crippen molar-refractivity contribution in [3.63, 3.8) is 0 Å². The number of likely N-dealkylation sites (tertiary alicyclic amines) is 1. The Morgan fingerprint density at radius 1 is 0.926 bits per heavy atom. The summed E-state index contributed by atoms with van der Waals surface area (Å²) in [6.45, 7) is 4.51. The van der Waals surface area contributed by atoms with Crippen LogP contribution in [0.1, 0.15) is 12.8 Å². The number of hydrogen-bond donors (Lipinski definition) is 0. The van der Waals surface area contributed by atoms with Crippen molar-refractivity contribution in [1.29, 1.82) is 0 Å². The zero-order valence-corrected chi connectivity index (χ0v) is 15.2. The van der Waals surface area contributed by atoms with E-state index in [4.69, 9.17) is 0 Å². The first-order valence-electron chi connectivity index (χ1n) is 9.33. The second-order valence-corrected chi connectivity index (χ2v) is 6.88. The van der Waals surface area contributed by atoms with Gasteiger partial charge in [0.05, 0.1) is 24.6 Å². The average molecular weight is 365 g/mol. The molecule has 27 heavy (non-hydrogen) atoms. The van der Waals surface area contributed by atoms with Crippen molar-refractivity contribution in [2.24, 2.45) is 5.92 Å². The molecule has 1 aliphatic rings. The van der Waals surface area contributed by atoms with Crippen molar-refractivity contribution >= 4 is 0 Å². The molecule has 3 aromatic heterocycles. The highest BCUT2D eigenvalue weighted by Gasteiger charge is 2.20. The Morgan fingerprint density at radius 2 is 1.67 bits per heavy atom. The second kappa shape index (κ2) is 8.22. The van der Waals surface area contributed by atoms with Crippen LogP contribution in [0.25, 0.3) is 11.3 Å².